The smallest absolute Gasteiger partial charge is 0.264 e. The average Bonchev–Trinajstić information content (AvgIpc) is 3.39. The molecule has 1 atom stereocenters. The first-order valence-electron chi connectivity index (χ1n) is 9.14. The van der Waals surface area contributed by atoms with E-state index in [1.165, 1.54) is 23.5 Å². The Balaban J connectivity index is 1.49. The van der Waals surface area contributed by atoms with Crippen molar-refractivity contribution in [1.82, 2.24) is 4.90 Å². The molecule has 29 heavy (non-hydrogen) atoms. The molecular weight excluding hydrogens is 411 g/mol. The number of benzene rings is 2. The Labute approximate surface area is 177 Å². The van der Waals surface area contributed by atoms with Crippen LogP contribution in [0.25, 0.3) is 0 Å². The van der Waals surface area contributed by atoms with Crippen LogP contribution in [0.4, 0.5) is 4.39 Å². The van der Waals surface area contributed by atoms with Crippen LogP contribution in [0.15, 0.2) is 71.2 Å². The Bertz CT molecular complexity index is 1040. The summed E-state index contributed by atoms with van der Waals surface area (Å²) in [6, 6.07) is 17.4. The standard InChI is InChI=1S/C22H18ClFN2O2S/c23-17-6-1-4-15(10-17)13-26(22(27)21-8-3-9-29-21)14-19-12-20(25-28-19)16-5-2-7-18(24)11-16/h1-11,19H,12-14H2/t19-/m1/s1. The van der Waals surface area contributed by atoms with Crippen molar-refractivity contribution < 1.29 is 14.0 Å². The van der Waals surface area contributed by atoms with Crippen LogP contribution in [0.2, 0.25) is 5.02 Å². The van der Waals surface area contributed by atoms with Crippen molar-refractivity contribution in [3.8, 4) is 0 Å². The summed E-state index contributed by atoms with van der Waals surface area (Å²) < 4.78 is 13.5. The number of hydrogen-bond donors (Lipinski definition) is 0. The summed E-state index contributed by atoms with van der Waals surface area (Å²) >= 11 is 7.50. The third kappa shape index (κ3) is 4.83. The molecule has 4 nitrogen and oxygen atoms in total. The molecule has 0 fully saturated rings. The van der Waals surface area contributed by atoms with Gasteiger partial charge in [0.1, 0.15) is 5.82 Å². The molecule has 4 rings (SSSR count). The number of halogens is 2. The predicted molar refractivity (Wildman–Crippen MR) is 113 cm³/mol. The number of carbonyl (C=O) groups excluding carboxylic acids is 1. The minimum Gasteiger partial charge on any atom is -0.390 e. The number of hydrogen-bond acceptors (Lipinski definition) is 4. The van der Waals surface area contributed by atoms with E-state index in [0.29, 0.717) is 40.7 Å². The van der Waals surface area contributed by atoms with Gasteiger partial charge in [-0.2, -0.15) is 0 Å². The van der Waals surface area contributed by atoms with Gasteiger partial charge in [-0.3, -0.25) is 4.79 Å². The van der Waals surface area contributed by atoms with Crippen LogP contribution in [0.1, 0.15) is 27.2 Å². The van der Waals surface area contributed by atoms with Gasteiger partial charge in [0.25, 0.3) is 5.91 Å². The van der Waals surface area contributed by atoms with Crippen LogP contribution in [0, 0.1) is 5.82 Å². The lowest BCUT2D eigenvalue weighted by atomic mass is 10.0. The van der Waals surface area contributed by atoms with Crippen molar-refractivity contribution in [2.45, 2.75) is 19.1 Å². The minimum atomic E-state index is -0.316. The van der Waals surface area contributed by atoms with Crippen LogP contribution in [-0.2, 0) is 11.4 Å². The molecule has 0 bridgehead atoms. The van der Waals surface area contributed by atoms with E-state index in [-0.39, 0.29) is 17.8 Å². The molecule has 2 heterocycles. The monoisotopic (exact) mass is 428 g/mol. The van der Waals surface area contributed by atoms with Gasteiger partial charge in [0.05, 0.1) is 17.1 Å². The zero-order valence-corrected chi connectivity index (χ0v) is 17.0. The van der Waals surface area contributed by atoms with Gasteiger partial charge in [-0.25, -0.2) is 4.39 Å². The molecule has 0 radical (unpaired) electrons. The van der Waals surface area contributed by atoms with Crippen LogP contribution in [-0.4, -0.2) is 29.2 Å². The van der Waals surface area contributed by atoms with Gasteiger partial charge in [-0.1, -0.05) is 47.1 Å². The van der Waals surface area contributed by atoms with E-state index >= 15 is 0 Å². The minimum absolute atomic E-state index is 0.0669. The average molecular weight is 429 g/mol. The molecule has 0 saturated heterocycles. The van der Waals surface area contributed by atoms with Gasteiger partial charge in [0, 0.05) is 23.6 Å². The van der Waals surface area contributed by atoms with Gasteiger partial charge in [-0.15, -0.1) is 11.3 Å². The Kier molecular flexibility index (Phi) is 5.92. The third-order valence-corrected chi connectivity index (χ3v) is 5.69. The number of rotatable bonds is 6. The van der Waals surface area contributed by atoms with E-state index in [0.717, 1.165) is 5.56 Å². The van der Waals surface area contributed by atoms with Crippen molar-refractivity contribution in [2.24, 2.45) is 5.16 Å². The Hall–Kier alpha value is -2.70. The number of amides is 1. The van der Waals surface area contributed by atoms with Gasteiger partial charge < -0.3 is 9.74 Å². The van der Waals surface area contributed by atoms with E-state index in [9.17, 15) is 9.18 Å². The molecule has 148 valence electrons. The first-order valence-corrected chi connectivity index (χ1v) is 10.4. The van der Waals surface area contributed by atoms with Gasteiger partial charge in [-0.05, 0) is 41.3 Å². The van der Waals surface area contributed by atoms with Crippen molar-refractivity contribution in [1.29, 1.82) is 0 Å². The summed E-state index contributed by atoms with van der Waals surface area (Å²) in [5.41, 5.74) is 2.31. The molecule has 0 unspecified atom stereocenters. The van der Waals surface area contributed by atoms with E-state index in [2.05, 4.69) is 5.16 Å². The summed E-state index contributed by atoms with van der Waals surface area (Å²) in [6.07, 6.45) is 0.212. The maximum absolute atomic E-state index is 13.5. The van der Waals surface area contributed by atoms with Crippen LogP contribution < -0.4 is 0 Å². The lowest BCUT2D eigenvalue weighted by Gasteiger charge is -2.24. The highest BCUT2D eigenvalue weighted by Crippen LogP contribution is 2.22. The molecular formula is C22H18ClFN2O2S. The predicted octanol–water partition coefficient (Wildman–Crippen LogP) is 5.38. The zero-order chi connectivity index (χ0) is 20.2. The lowest BCUT2D eigenvalue weighted by molar-refractivity contribution is 0.0408. The Morgan fingerprint density at radius 2 is 2.07 bits per heavy atom. The SMILES string of the molecule is O=C(c1cccs1)N(Cc1cccc(Cl)c1)C[C@H]1CC(c2cccc(F)c2)=NO1. The van der Waals surface area contributed by atoms with Gasteiger partial charge >= 0.3 is 0 Å². The number of carbonyl (C=O) groups is 1. The second-order valence-corrected chi connectivity index (χ2v) is 8.16. The molecule has 3 aromatic rings. The highest BCUT2D eigenvalue weighted by atomic mass is 35.5. The highest BCUT2D eigenvalue weighted by molar-refractivity contribution is 7.12. The Morgan fingerprint density at radius 1 is 1.21 bits per heavy atom. The zero-order valence-electron chi connectivity index (χ0n) is 15.4. The van der Waals surface area contributed by atoms with E-state index in [1.54, 1.807) is 23.1 Å². The summed E-state index contributed by atoms with van der Waals surface area (Å²) in [4.78, 5) is 21.0. The van der Waals surface area contributed by atoms with Crippen molar-refractivity contribution in [3.63, 3.8) is 0 Å². The molecule has 0 N–H and O–H groups in total. The van der Waals surface area contributed by atoms with Crippen LogP contribution in [0.3, 0.4) is 0 Å². The third-order valence-electron chi connectivity index (χ3n) is 4.60. The van der Waals surface area contributed by atoms with Crippen molar-refractivity contribution in [2.75, 3.05) is 6.54 Å². The summed E-state index contributed by atoms with van der Waals surface area (Å²) in [6.45, 7) is 0.776. The fraction of sp³-hybridized carbons (Fsp3) is 0.182. The summed E-state index contributed by atoms with van der Waals surface area (Å²) in [5, 5.41) is 6.62. The molecule has 1 aliphatic rings. The molecule has 7 heteroatoms. The molecule has 0 aliphatic carbocycles. The second kappa shape index (κ2) is 8.76. The first-order chi connectivity index (χ1) is 14.1. The summed E-state index contributed by atoms with van der Waals surface area (Å²) in [5.74, 6) is -0.383. The van der Waals surface area contributed by atoms with E-state index in [4.69, 9.17) is 16.4 Å². The van der Waals surface area contributed by atoms with Gasteiger partial charge in [0.15, 0.2) is 6.10 Å². The topological polar surface area (TPSA) is 41.9 Å². The highest BCUT2D eigenvalue weighted by Gasteiger charge is 2.28. The number of nitrogens with zero attached hydrogens (tertiary/aromatic N) is 2. The normalized spacial score (nSPS) is 15.7. The fourth-order valence-corrected chi connectivity index (χ4v) is 4.15. The number of thiophene rings is 1. The maximum Gasteiger partial charge on any atom is 0.264 e. The molecule has 2 aromatic carbocycles. The van der Waals surface area contributed by atoms with Crippen LogP contribution in [0.5, 0.6) is 0 Å². The molecule has 0 spiro atoms. The molecule has 1 amide bonds. The van der Waals surface area contributed by atoms with E-state index in [1.807, 2.05) is 35.7 Å². The van der Waals surface area contributed by atoms with Crippen molar-refractivity contribution in [3.05, 3.63) is 92.9 Å². The lowest BCUT2D eigenvalue weighted by Crippen LogP contribution is -2.37. The Morgan fingerprint density at radius 3 is 2.83 bits per heavy atom. The first kappa shape index (κ1) is 19.6. The number of oxime groups is 1. The fourth-order valence-electron chi connectivity index (χ4n) is 3.24. The largest absolute Gasteiger partial charge is 0.390 e. The quantitative estimate of drug-likeness (QED) is 0.529. The van der Waals surface area contributed by atoms with E-state index < -0.39 is 0 Å². The summed E-state index contributed by atoms with van der Waals surface area (Å²) in [7, 11) is 0. The van der Waals surface area contributed by atoms with Gasteiger partial charge in [0.2, 0.25) is 0 Å². The molecule has 1 aromatic heterocycles. The van der Waals surface area contributed by atoms with Crippen LogP contribution >= 0.6 is 22.9 Å². The molecule has 0 saturated carbocycles. The maximum atomic E-state index is 13.5. The van der Waals surface area contributed by atoms with Crippen molar-refractivity contribution >= 4 is 34.6 Å². The molecule has 1 aliphatic heterocycles. The second-order valence-electron chi connectivity index (χ2n) is 6.77.